The number of urea groups is 1. The molecular formula is C22H26N2O2. The van der Waals surface area contributed by atoms with E-state index in [9.17, 15) is 4.79 Å². The third-order valence-corrected chi connectivity index (χ3v) is 4.36. The van der Waals surface area contributed by atoms with E-state index in [1.807, 2.05) is 62.4 Å². The quantitative estimate of drug-likeness (QED) is 0.695. The lowest BCUT2D eigenvalue weighted by Gasteiger charge is -2.11. The van der Waals surface area contributed by atoms with Crippen molar-refractivity contribution in [2.24, 2.45) is 0 Å². The summed E-state index contributed by atoms with van der Waals surface area (Å²) >= 11 is 0. The first kappa shape index (κ1) is 18.1. The lowest BCUT2D eigenvalue weighted by Crippen LogP contribution is -2.28. The van der Waals surface area contributed by atoms with Crippen LogP contribution in [-0.2, 0) is 17.7 Å². The van der Waals surface area contributed by atoms with Crippen molar-refractivity contribution < 1.29 is 9.53 Å². The molecule has 1 fully saturated rings. The second-order valence-corrected chi connectivity index (χ2v) is 6.63. The Balaban J connectivity index is 1.49. The van der Waals surface area contributed by atoms with Crippen LogP contribution in [0, 0.1) is 6.92 Å². The summed E-state index contributed by atoms with van der Waals surface area (Å²) in [7, 11) is 0. The van der Waals surface area contributed by atoms with Gasteiger partial charge >= 0.3 is 6.03 Å². The van der Waals surface area contributed by atoms with Gasteiger partial charge in [0.2, 0.25) is 0 Å². The van der Waals surface area contributed by atoms with Crippen LogP contribution in [0.15, 0.2) is 59.9 Å². The number of amides is 2. The van der Waals surface area contributed by atoms with Gasteiger partial charge in [-0.1, -0.05) is 42.0 Å². The summed E-state index contributed by atoms with van der Waals surface area (Å²) in [4.78, 5) is 12.0. The maximum atomic E-state index is 12.0. The zero-order valence-electron chi connectivity index (χ0n) is 15.5. The topological polar surface area (TPSA) is 50.4 Å². The lowest BCUT2D eigenvalue weighted by molar-refractivity contribution is 0.221. The van der Waals surface area contributed by atoms with E-state index in [1.54, 1.807) is 0 Å². The molecule has 2 amide bonds. The highest BCUT2D eigenvalue weighted by molar-refractivity contribution is 5.89. The van der Waals surface area contributed by atoms with E-state index in [0.717, 1.165) is 36.3 Å². The molecule has 0 radical (unpaired) electrons. The normalized spacial score (nSPS) is 12.5. The van der Waals surface area contributed by atoms with Crippen LogP contribution in [-0.4, -0.2) is 12.6 Å². The molecule has 0 aromatic heterocycles. The molecule has 0 bridgehead atoms. The first-order valence-corrected chi connectivity index (χ1v) is 9.17. The molecule has 0 atom stereocenters. The van der Waals surface area contributed by atoms with Crippen LogP contribution in [0.2, 0.25) is 0 Å². The van der Waals surface area contributed by atoms with Crippen molar-refractivity contribution in [3.8, 4) is 0 Å². The number of anilines is 1. The minimum absolute atomic E-state index is 0.201. The molecule has 4 nitrogen and oxygen atoms in total. The summed E-state index contributed by atoms with van der Waals surface area (Å²) in [6.07, 6.45) is 3.15. The van der Waals surface area contributed by atoms with E-state index < -0.39 is 0 Å². The molecule has 0 saturated heterocycles. The molecule has 0 aliphatic heterocycles. The van der Waals surface area contributed by atoms with Crippen LogP contribution < -0.4 is 10.6 Å². The predicted octanol–water partition coefficient (Wildman–Crippen LogP) is 4.94. The summed E-state index contributed by atoms with van der Waals surface area (Å²) in [6.45, 7) is 5.28. The minimum atomic E-state index is -0.201. The molecule has 26 heavy (non-hydrogen) atoms. The summed E-state index contributed by atoms with van der Waals surface area (Å²) in [5.74, 6) is 1.11. The summed E-state index contributed by atoms with van der Waals surface area (Å²) in [5, 5.41) is 5.75. The van der Waals surface area contributed by atoms with Crippen LogP contribution in [0.4, 0.5) is 10.5 Å². The number of hydrogen-bond acceptors (Lipinski definition) is 2. The Hall–Kier alpha value is -2.75. The molecule has 1 aliphatic carbocycles. The predicted molar refractivity (Wildman–Crippen MR) is 105 cm³/mol. The molecule has 3 rings (SSSR count). The van der Waals surface area contributed by atoms with Crippen LogP contribution >= 0.6 is 0 Å². The third kappa shape index (κ3) is 5.38. The van der Waals surface area contributed by atoms with Crippen molar-refractivity contribution in [1.29, 1.82) is 0 Å². The number of rotatable bonds is 7. The molecule has 4 heteroatoms. The minimum Gasteiger partial charge on any atom is -0.498 e. The average Bonchev–Trinajstić information content (AvgIpc) is 3.48. The number of nitrogens with one attached hydrogen (secondary N) is 2. The zero-order chi connectivity index (χ0) is 18.4. The lowest BCUT2D eigenvalue weighted by atomic mass is 10.1. The number of carbonyl (C=O) groups is 1. The van der Waals surface area contributed by atoms with Crippen molar-refractivity contribution in [3.63, 3.8) is 0 Å². The molecule has 1 saturated carbocycles. The van der Waals surface area contributed by atoms with Gasteiger partial charge in [0.15, 0.2) is 0 Å². The van der Waals surface area contributed by atoms with Crippen molar-refractivity contribution in [1.82, 2.24) is 5.32 Å². The second-order valence-electron chi connectivity index (χ2n) is 6.63. The Morgan fingerprint density at radius 3 is 2.27 bits per heavy atom. The molecule has 1 aliphatic rings. The van der Waals surface area contributed by atoms with Gasteiger partial charge in [-0.25, -0.2) is 4.79 Å². The highest BCUT2D eigenvalue weighted by atomic mass is 16.5. The largest absolute Gasteiger partial charge is 0.498 e. The Kier molecular flexibility index (Phi) is 5.95. The monoisotopic (exact) mass is 350 g/mol. The molecule has 136 valence electrons. The van der Waals surface area contributed by atoms with E-state index in [-0.39, 0.29) is 6.03 Å². The first-order chi connectivity index (χ1) is 12.6. The van der Waals surface area contributed by atoms with Gasteiger partial charge < -0.3 is 15.4 Å². The second kappa shape index (κ2) is 8.56. The highest BCUT2D eigenvalue weighted by Crippen LogP contribution is 2.33. The zero-order valence-corrected chi connectivity index (χ0v) is 15.5. The Labute approximate surface area is 155 Å². The van der Waals surface area contributed by atoms with Gasteiger partial charge in [-0.3, -0.25) is 0 Å². The molecule has 0 unspecified atom stereocenters. The maximum absolute atomic E-state index is 12.0. The van der Waals surface area contributed by atoms with Crippen molar-refractivity contribution >= 4 is 11.7 Å². The summed E-state index contributed by atoms with van der Waals surface area (Å²) < 4.78 is 5.75. The fraction of sp³-hybridized carbons (Fsp3) is 0.318. The number of carbonyl (C=O) groups excluding carboxylic acids is 1. The van der Waals surface area contributed by atoms with Gasteiger partial charge in [-0.15, -0.1) is 0 Å². The number of ether oxygens (including phenoxy) is 1. The number of aryl methyl sites for hydroxylation is 1. The number of allylic oxidation sites excluding steroid dienone is 2. The molecule has 0 heterocycles. The van der Waals surface area contributed by atoms with E-state index in [2.05, 4.69) is 10.6 Å². The van der Waals surface area contributed by atoms with Gasteiger partial charge in [-0.2, -0.15) is 0 Å². The molecular weight excluding hydrogens is 324 g/mol. The Bertz CT molecular complexity index is 771. The van der Waals surface area contributed by atoms with Crippen LogP contribution in [0.1, 0.15) is 36.5 Å². The SMILES string of the molecule is CCOC(Cc1ccc(NC(=O)NCc2ccc(C)cc2)cc1)=C1CC1. The Morgan fingerprint density at radius 2 is 1.65 bits per heavy atom. The van der Waals surface area contributed by atoms with Crippen molar-refractivity contribution in [2.75, 3.05) is 11.9 Å². The van der Waals surface area contributed by atoms with Crippen LogP contribution in [0.5, 0.6) is 0 Å². The van der Waals surface area contributed by atoms with Crippen molar-refractivity contribution in [3.05, 3.63) is 76.6 Å². The molecule has 2 aromatic rings. The summed E-state index contributed by atoms with van der Waals surface area (Å²) in [6, 6.07) is 15.9. The van der Waals surface area contributed by atoms with E-state index in [0.29, 0.717) is 13.2 Å². The molecule has 0 spiro atoms. The van der Waals surface area contributed by atoms with Gasteiger partial charge in [0.05, 0.1) is 12.4 Å². The van der Waals surface area contributed by atoms with Gasteiger partial charge in [0.1, 0.15) is 0 Å². The van der Waals surface area contributed by atoms with Crippen LogP contribution in [0.25, 0.3) is 0 Å². The fourth-order valence-corrected chi connectivity index (χ4v) is 2.75. The van der Waals surface area contributed by atoms with Gasteiger partial charge in [-0.05, 0) is 55.5 Å². The van der Waals surface area contributed by atoms with Crippen LogP contribution in [0.3, 0.4) is 0 Å². The van der Waals surface area contributed by atoms with E-state index in [1.165, 1.54) is 16.7 Å². The Morgan fingerprint density at radius 1 is 1.00 bits per heavy atom. The van der Waals surface area contributed by atoms with Gasteiger partial charge in [0.25, 0.3) is 0 Å². The maximum Gasteiger partial charge on any atom is 0.319 e. The number of hydrogen-bond donors (Lipinski definition) is 2. The van der Waals surface area contributed by atoms with E-state index in [4.69, 9.17) is 4.74 Å². The molecule has 2 N–H and O–H groups in total. The third-order valence-electron chi connectivity index (χ3n) is 4.36. The average molecular weight is 350 g/mol. The summed E-state index contributed by atoms with van der Waals surface area (Å²) in [5.41, 5.74) is 5.70. The highest BCUT2D eigenvalue weighted by Gasteiger charge is 2.19. The molecule has 2 aromatic carbocycles. The fourth-order valence-electron chi connectivity index (χ4n) is 2.75. The first-order valence-electron chi connectivity index (χ1n) is 9.17. The van der Waals surface area contributed by atoms with Crippen molar-refractivity contribution in [2.45, 2.75) is 39.7 Å². The smallest absolute Gasteiger partial charge is 0.319 e. The standard InChI is InChI=1S/C22H26N2O2/c1-3-26-21(19-10-11-19)14-17-8-12-20(13-9-17)24-22(25)23-15-18-6-4-16(2)5-7-18/h4-9,12-13H,3,10-11,14-15H2,1-2H3,(H2,23,24,25). The van der Waals surface area contributed by atoms with E-state index >= 15 is 0 Å². The number of benzene rings is 2. The van der Waals surface area contributed by atoms with Gasteiger partial charge in [0, 0.05) is 18.7 Å².